The van der Waals surface area contributed by atoms with Crippen molar-refractivity contribution in [2.75, 3.05) is 0 Å². The predicted molar refractivity (Wildman–Crippen MR) is 97.0 cm³/mol. The molecule has 1 aliphatic carbocycles. The van der Waals surface area contributed by atoms with Crippen molar-refractivity contribution in [2.24, 2.45) is 5.92 Å². The van der Waals surface area contributed by atoms with E-state index in [1.54, 1.807) is 0 Å². The van der Waals surface area contributed by atoms with E-state index in [1.165, 1.54) is 4.90 Å². The van der Waals surface area contributed by atoms with Gasteiger partial charge in [0.2, 0.25) is 5.91 Å². The van der Waals surface area contributed by atoms with Crippen LogP contribution in [0.2, 0.25) is 0 Å². The zero-order valence-corrected chi connectivity index (χ0v) is 15.3. The van der Waals surface area contributed by atoms with Crippen LogP contribution in [-0.4, -0.2) is 22.9 Å². The van der Waals surface area contributed by atoms with Gasteiger partial charge < -0.3 is 4.74 Å². The van der Waals surface area contributed by atoms with Crippen LogP contribution in [0.15, 0.2) is 59.1 Å². The maximum absolute atomic E-state index is 12.9. The number of hydrogen-bond acceptors (Lipinski definition) is 3. The molecule has 2 aromatic rings. The number of nitrogens with zero attached hydrogens (tertiary/aromatic N) is 1. The molecule has 1 saturated heterocycles. The van der Waals surface area contributed by atoms with Crippen LogP contribution in [0.25, 0.3) is 0 Å². The topological polar surface area (TPSA) is 46.6 Å². The summed E-state index contributed by atoms with van der Waals surface area (Å²) < 4.78 is 6.50. The Balaban J connectivity index is 1.49. The number of cyclic esters (lactones) is 1. The minimum atomic E-state index is -0.534. The molecule has 2 amide bonds. The van der Waals surface area contributed by atoms with Gasteiger partial charge in [0.25, 0.3) is 0 Å². The lowest BCUT2D eigenvalue weighted by atomic mass is 10.0. The maximum atomic E-state index is 12.9. The van der Waals surface area contributed by atoms with Crippen LogP contribution in [0, 0.1) is 5.92 Å². The minimum absolute atomic E-state index is 0.121. The molecule has 0 radical (unpaired) electrons. The van der Waals surface area contributed by atoms with E-state index >= 15 is 0 Å². The van der Waals surface area contributed by atoms with Crippen LogP contribution in [0.5, 0.6) is 0 Å². The molecule has 25 heavy (non-hydrogen) atoms. The highest BCUT2D eigenvalue weighted by Gasteiger charge is 2.52. The summed E-state index contributed by atoms with van der Waals surface area (Å²) in [5, 5.41) is 0. The van der Waals surface area contributed by atoms with Gasteiger partial charge >= 0.3 is 6.09 Å². The van der Waals surface area contributed by atoms with Gasteiger partial charge in [-0.1, -0.05) is 58.4 Å². The highest BCUT2D eigenvalue weighted by molar-refractivity contribution is 9.10. The standard InChI is InChI=1S/C20H18BrNO3/c1-12-18(14-5-3-2-4-6-14)25-20(24)22(12)19(23)17-11-16(17)13-7-9-15(21)10-8-13/h2-10,12,16-18H,11H2,1H3/t12?,16-,17-,18?/m1/s1. The number of carbonyl (C=O) groups is 2. The molecule has 1 aliphatic heterocycles. The zero-order valence-electron chi connectivity index (χ0n) is 13.8. The maximum Gasteiger partial charge on any atom is 0.417 e. The van der Waals surface area contributed by atoms with Crippen molar-refractivity contribution in [2.45, 2.75) is 31.4 Å². The van der Waals surface area contributed by atoms with E-state index in [0.717, 1.165) is 22.0 Å². The quantitative estimate of drug-likeness (QED) is 0.753. The van der Waals surface area contributed by atoms with Gasteiger partial charge in [-0.15, -0.1) is 0 Å². The van der Waals surface area contributed by atoms with E-state index in [2.05, 4.69) is 15.9 Å². The largest absolute Gasteiger partial charge is 0.439 e. The molecule has 4 atom stereocenters. The molecular formula is C20H18BrNO3. The molecule has 5 heteroatoms. The van der Waals surface area contributed by atoms with Crippen molar-refractivity contribution in [3.63, 3.8) is 0 Å². The normalized spacial score (nSPS) is 27.9. The monoisotopic (exact) mass is 399 g/mol. The SMILES string of the molecule is CC1C(c2ccccc2)OC(=O)N1C(=O)[C@@H]1C[C@@H]1c1ccc(Br)cc1. The van der Waals surface area contributed by atoms with Crippen molar-refractivity contribution in [1.82, 2.24) is 4.90 Å². The van der Waals surface area contributed by atoms with Gasteiger partial charge in [-0.25, -0.2) is 9.69 Å². The summed E-state index contributed by atoms with van der Waals surface area (Å²) in [6.07, 6.45) is -0.150. The average Bonchev–Trinajstić information content (AvgIpc) is 3.36. The smallest absolute Gasteiger partial charge is 0.417 e. The lowest BCUT2D eigenvalue weighted by Gasteiger charge is -2.19. The van der Waals surface area contributed by atoms with Crippen LogP contribution >= 0.6 is 15.9 Å². The molecule has 2 unspecified atom stereocenters. The van der Waals surface area contributed by atoms with Crippen LogP contribution in [-0.2, 0) is 9.53 Å². The first-order valence-corrected chi connectivity index (χ1v) is 9.19. The van der Waals surface area contributed by atoms with Crippen LogP contribution in [0.3, 0.4) is 0 Å². The van der Waals surface area contributed by atoms with Gasteiger partial charge in [-0.3, -0.25) is 4.79 Å². The van der Waals surface area contributed by atoms with E-state index < -0.39 is 12.2 Å². The molecular weight excluding hydrogens is 382 g/mol. The molecule has 2 fully saturated rings. The fraction of sp³-hybridized carbons (Fsp3) is 0.300. The van der Waals surface area contributed by atoms with E-state index in [-0.39, 0.29) is 23.8 Å². The van der Waals surface area contributed by atoms with Crippen molar-refractivity contribution < 1.29 is 14.3 Å². The molecule has 1 saturated carbocycles. The van der Waals surface area contributed by atoms with Gasteiger partial charge in [0.05, 0.1) is 6.04 Å². The van der Waals surface area contributed by atoms with Gasteiger partial charge in [0, 0.05) is 10.4 Å². The third-order valence-corrected chi connectivity index (χ3v) is 5.57. The molecule has 0 bridgehead atoms. The molecule has 2 aliphatic rings. The molecule has 128 valence electrons. The molecule has 4 nitrogen and oxygen atoms in total. The predicted octanol–water partition coefficient (Wildman–Crippen LogP) is 4.66. The van der Waals surface area contributed by atoms with Gasteiger partial charge in [0.1, 0.15) is 6.10 Å². The third-order valence-electron chi connectivity index (χ3n) is 5.04. The Morgan fingerprint density at radius 3 is 2.44 bits per heavy atom. The summed E-state index contributed by atoms with van der Waals surface area (Å²) in [6.45, 7) is 1.87. The first-order chi connectivity index (χ1) is 12.1. The van der Waals surface area contributed by atoms with Crippen LogP contribution < -0.4 is 0 Å². The fourth-order valence-electron chi connectivity index (χ4n) is 3.57. The summed E-state index contributed by atoms with van der Waals surface area (Å²) in [5.41, 5.74) is 2.06. The summed E-state index contributed by atoms with van der Waals surface area (Å²) in [7, 11) is 0. The van der Waals surface area contributed by atoms with E-state index in [4.69, 9.17) is 4.74 Å². The average molecular weight is 400 g/mol. The molecule has 0 aromatic heterocycles. The second kappa shape index (κ2) is 6.30. The number of hydrogen-bond donors (Lipinski definition) is 0. The number of amides is 2. The second-order valence-electron chi connectivity index (χ2n) is 6.66. The van der Waals surface area contributed by atoms with E-state index in [1.807, 2.05) is 61.5 Å². The second-order valence-corrected chi connectivity index (χ2v) is 7.58. The number of benzene rings is 2. The van der Waals surface area contributed by atoms with Gasteiger partial charge in [-0.2, -0.15) is 0 Å². The molecule has 0 N–H and O–H groups in total. The number of imide groups is 1. The van der Waals surface area contributed by atoms with Crippen molar-refractivity contribution >= 4 is 27.9 Å². The Bertz CT molecular complexity index is 805. The van der Waals surface area contributed by atoms with Gasteiger partial charge in [0.15, 0.2) is 0 Å². The first-order valence-electron chi connectivity index (χ1n) is 8.40. The minimum Gasteiger partial charge on any atom is -0.439 e. The lowest BCUT2D eigenvalue weighted by Crippen LogP contribution is -2.39. The Labute approximate surface area is 154 Å². The Hall–Kier alpha value is -2.14. The summed E-state index contributed by atoms with van der Waals surface area (Å²) >= 11 is 3.42. The first kappa shape index (κ1) is 16.3. The van der Waals surface area contributed by atoms with E-state index in [9.17, 15) is 9.59 Å². The Morgan fingerprint density at radius 2 is 1.76 bits per heavy atom. The highest BCUT2D eigenvalue weighted by atomic mass is 79.9. The highest BCUT2D eigenvalue weighted by Crippen LogP contribution is 2.50. The molecule has 4 rings (SSSR count). The zero-order chi connectivity index (χ0) is 17.6. The third kappa shape index (κ3) is 2.97. The van der Waals surface area contributed by atoms with Gasteiger partial charge in [-0.05, 0) is 42.5 Å². The summed E-state index contributed by atoms with van der Waals surface area (Å²) in [5.74, 6) is -0.0640. The number of rotatable bonds is 3. The Kier molecular flexibility index (Phi) is 4.12. The molecule has 2 aromatic carbocycles. The molecule has 0 spiro atoms. The van der Waals surface area contributed by atoms with Crippen molar-refractivity contribution in [3.05, 3.63) is 70.2 Å². The van der Waals surface area contributed by atoms with Crippen LogP contribution in [0.4, 0.5) is 4.79 Å². The Morgan fingerprint density at radius 1 is 1.08 bits per heavy atom. The number of ether oxygens (including phenoxy) is 1. The molecule has 1 heterocycles. The van der Waals surface area contributed by atoms with Crippen LogP contribution in [0.1, 0.15) is 36.5 Å². The lowest BCUT2D eigenvalue weighted by molar-refractivity contribution is -0.130. The van der Waals surface area contributed by atoms with Crippen molar-refractivity contribution in [3.8, 4) is 0 Å². The summed E-state index contributed by atoms with van der Waals surface area (Å²) in [4.78, 5) is 26.5. The fourth-order valence-corrected chi connectivity index (χ4v) is 3.83. The van der Waals surface area contributed by atoms with Crippen molar-refractivity contribution in [1.29, 1.82) is 0 Å². The number of carbonyl (C=O) groups excluding carboxylic acids is 2. The number of halogens is 1. The summed E-state index contributed by atoms with van der Waals surface area (Å²) in [6, 6.07) is 17.3. The van der Waals surface area contributed by atoms with E-state index in [0.29, 0.717) is 0 Å².